The molecule has 1 saturated heterocycles. The van der Waals surface area contributed by atoms with Crippen molar-refractivity contribution in [2.24, 2.45) is 5.92 Å². The number of anilines is 1. The number of morpholine rings is 1. The molecule has 0 spiro atoms. The molecule has 0 unspecified atom stereocenters. The fraction of sp³-hybridized carbons (Fsp3) is 0.538. The Morgan fingerprint density at radius 2 is 1.73 bits per heavy atom. The molecule has 2 aliphatic carbocycles. The lowest BCUT2D eigenvalue weighted by molar-refractivity contribution is 0.122. The molecule has 33 heavy (non-hydrogen) atoms. The fourth-order valence-electron chi connectivity index (χ4n) is 5.13. The Hall–Kier alpha value is -2.80. The Morgan fingerprint density at radius 3 is 2.55 bits per heavy atom. The van der Waals surface area contributed by atoms with Gasteiger partial charge >= 0.3 is 0 Å². The van der Waals surface area contributed by atoms with Crippen LogP contribution >= 0.6 is 0 Å². The molecule has 0 amide bonds. The Morgan fingerprint density at radius 1 is 0.909 bits per heavy atom. The third kappa shape index (κ3) is 4.78. The van der Waals surface area contributed by atoms with Crippen LogP contribution in [0.1, 0.15) is 56.0 Å². The van der Waals surface area contributed by atoms with E-state index in [1.807, 2.05) is 6.20 Å². The molecule has 1 aromatic carbocycles. The van der Waals surface area contributed by atoms with E-state index in [2.05, 4.69) is 38.1 Å². The largest absolute Gasteiger partial charge is 0.488 e. The Kier molecular flexibility index (Phi) is 5.80. The molecule has 3 heterocycles. The molecule has 6 rings (SSSR count). The summed E-state index contributed by atoms with van der Waals surface area (Å²) in [5.74, 6) is 3.19. The first-order chi connectivity index (χ1) is 16.3. The molecule has 3 fully saturated rings. The number of benzene rings is 1. The summed E-state index contributed by atoms with van der Waals surface area (Å²) >= 11 is 0. The second-order valence-electron chi connectivity index (χ2n) is 9.60. The highest BCUT2D eigenvalue weighted by molar-refractivity contribution is 5.85. The van der Waals surface area contributed by atoms with Crippen LogP contribution in [0.4, 0.5) is 5.69 Å². The van der Waals surface area contributed by atoms with Crippen LogP contribution in [-0.2, 0) is 11.2 Å². The molecular weight excluding hydrogens is 414 g/mol. The van der Waals surface area contributed by atoms with Crippen LogP contribution in [0, 0.1) is 5.92 Å². The predicted octanol–water partition coefficient (Wildman–Crippen LogP) is 4.31. The summed E-state index contributed by atoms with van der Waals surface area (Å²) < 4.78 is 12.1. The van der Waals surface area contributed by atoms with Crippen LogP contribution in [0.25, 0.3) is 11.0 Å². The van der Waals surface area contributed by atoms with E-state index in [9.17, 15) is 0 Å². The van der Waals surface area contributed by atoms with E-state index in [1.54, 1.807) is 12.4 Å². The van der Waals surface area contributed by atoms with Gasteiger partial charge < -0.3 is 14.4 Å². The minimum Gasteiger partial charge on any atom is -0.488 e. The first-order valence-corrected chi connectivity index (χ1v) is 12.4. The Bertz CT molecular complexity index is 1100. The number of hydrogen-bond acceptors (Lipinski definition) is 7. The quantitative estimate of drug-likeness (QED) is 0.560. The summed E-state index contributed by atoms with van der Waals surface area (Å²) in [6.07, 6.45) is 13.6. The molecule has 0 atom stereocenters. The standard InChI is InChI=1S/C26H31N5O2/c1-5-21(6-2-18(1)15-25-28-8-7-22(30-25)19-3-4-19)33-24-17-20(31-11-13-32-14-12-31)16-23-26(24)29-10-9-27-23/h7-10,16-19,21H,1-6,11-15H2. The minimum atomic E-state index is 0.213. The first-order valence-electron chi connectivity index (χ1n) is 12.4. The summed E-state index contributed by atoms with van der Waals surface area (Å²) in [5, 5.41) is 0. The molecule has 3 aromatic rings. The number of hydrogen-bond donors (Lipinski definition) is 0. The first kappa shape index (κ1) is 20.8. The number of fused-ring (bicyclic) bond motifs is 1. The van der Waals surface area contributed by atoms with Crippen molar-refractivity contribution >= 4 is 16.7 Å². The lowest BCUT2D eigenvalue weighted by Gasteiger charge is -2.31. The van der Waals surface area contributed by atoms with Crippen molar-refractivity contribution in [1.82, 2.24) is 19.9 Å². The maximum atomic E-state index is 6.57. The van der Waals surface area contributed by atoms with Gasteiger partial charge in [-0.2, -0.15) is 0 Å². The van der Waals surface area contributed by atoms with Crippen molar-refractivity contribution < 1.29 is 9.47 Å². The van der Waals surface area contributed by atoms with Crippen molar-refractivity contribution in [2.45, 2.75) is 57.0 Å². The van der Waals surface area contributed by atoms with Gasteiger partial charge in [-0.3, -0.25) is 4.98 Å². The third-order valence-electron chi connectivity index (χ3n) is 7.18. The second-order valence-corrected chi connectivity index (χ2v) is 9.60. The molecule has 172 valence electrons. The van der Waals surface area contributed by atoms with E-state index in [1.165, 1.54) is 18.5 Å². The van der Waals surface area contributed by atoms with Crippen LogP contribution in [0.15, 0.2) is 36.8 Å². The lowest BCUT2D eigenvalue weighted by atomic mass is 9.85. The maximum Gasteiger partial charge on any atom is 0.149 e. The van der Waals surface area contributed by atoms with Gasteiger partial charge in [-0.05, 0) is 56.6 Å². The van der Waals surface area contributed by atoms with Gasteiger partial charge in [0.05, 0.1) is 24.8 Å². The predicted molar refractivity (Wildman–Crippen MR) is 127 cm³/mol. The van der Waals surface area contributed by atoms with Gasteiger partial charge in [-0.15, -0.1) is 0 Å². The molecule has 0 N–H and O–H groups in total. The zero-order chi connectivity index (χ0) is 22.0. The zero-order valence-electron chi connectivity index (χ0n) is 19.0. The SMILES string of the molecule is c1cc(C2CC2)nc(CC2CCC(Oc3cc(N4CCOCC4)cc4nccnc34)CC2)n1. The average Bonchev–Trinajstić information content (AvgIpc) is 3.72. The van der Waals surface area contributed by atoms with Crippen LogP contribution in [0.5, 0.6) is 5.75 Å². The molecule has 2 saturated carbocycles. The summed E-state index contributed by atoms with van der Waals surface area (Å²) in [4.78, 5) is 20.9. The van der Waals surface area contributed by atoms with Crippen LogP contribution in [0.3, 0.4) is 0 Å². The summed E-state index contributed by atoms with van der Waals surface area (Å²) in [5.41, 5.74) is 4.12. The number of rotatable bonds is 6. The van der Waals surface area contributed by atoms with Crippen molar-refractivity contribution in [3.63, 3.8) is 0 Å². The summed E-state index contributed by atoms with van der Waals surface area (Å²) in [7, 11) is 0. The van der Waals surface area contributed by atoms with E-state index in [0.29, 0.717) is 11.8 Å². The van der Waals surface area contributed by atoms with Gasteiger partial charge in [0.1, 0.15) is 17.1 Å². The topological polar surface area (TPSA) is 73.3 Å². The third-order valence-corrected chi connectivity index (χ3v) is 7.18. The van der Waals surface area contributed by atoms with Gasteiger partial charge in [0.25, 0.3) is 0 Å². The van der Waals surface area contributed by atoms with E-state index < -0.39 is 0 Å². The number of nitrogens with zero attached hydrogens (tertiary/aromatic N) is 5. The van der Waals surface area contributed by atoms with Crippen LogP contribution < -0.4 is 9.64 Å². The molecule has 0 radical (unpaired) electrons. The van der Waals surface area contributed by atoms with Gasteiger partial charge in [0.15, 0.2) is 0 Å². The monoisotopic (exact) mass is 445 g/mol. The van der Waals surface area contributed by atoms with Crippen molar-refractivity contribution in [2.75, 3.05) is 31.2 Å². The maximum absolute atomic E-state index is 6.57. The van der Waals surface area contributed by atoms with E-state index >= 15 is 0 Å². The summed E-state index contributed by atoms with van der Waals surface area (Å²) in [6, 6.07) is 6.35. The molecule has 2 aromatic heterocycles. The Balaban J connectivity index is 1.12. The zero-order valence-corrected chi connectivity index (χ0v) is 19.0. The van der Waals surface area contributed by atoms with E-state index in [4.69, 9.17) is 14.5 Å². The van der Waals surface area contributed by atoms with Gasteiger partial charge in [0, 0.05) is 61.5 Å². The van der Waals surface area contributed by atoms with E-state index in [0.717, 1.165) is 86.7 Å². The van der Waals surface area contributed by atoms with Crippen LogP contribution in [0.2, 0.25) is 0 Å². The molecular formula is C26H31N5O2. The average molecular weight is 446 g/mol. The van der Waals surface area contributed by atoms with Crippen molar-refractivity contribution in [3.05, 3.63) is 48.3 Å². The van der Waals surface area contributed by atoms with Crippen molar-refractivity contribution in [1.29, 1.82) is 0 Å². The number of ether oxygens (including phenoxy) is 2. The smallest absolute Gasteiger partial charge is 0.149 e. The molecule has 1 aliphatic heterocycles. The Labute approximate surface area is 194 Å². The lowest BCUT2D eigenvalue weighted by Crippen LogP contribution is -2.36. The molecule has 0 bridgehead atoms. The minimum absolute atomic E-state index is 0.213. The van der Waals surface area contributed by atoms with E-state index in [-0.39, 0.29) is 6.10 Å². The second kappa shape index (κ2) is 9.21. The highest BCUT2D eigenvalue weighted by Crippen LogP contribution is 2.39. The highest BCUT2D eigenvalue weighted by atomic mass is 16.5. The number of aromatic nitrogens is 4. The molecule has 3 aliphatic rings. The van der Waals surface area contributed by atoms with Crippen molar-refractivity contribution in [3.8, 4) is 5.75 Å². The molecule has 7 nitrogen and oxygen atoms in total. The van der Waals surface area contributed by atoms with Gasteiger partial charge in [-0.25, -0.2) is 15.0 Å². The van der Waals surface area contributed by atoms with Gasteiger partial charge in [-0.1, -0.05) is 0 Å². The van der Waals surface area contributed by atoms with Crippen LogP contribution in [-0.4, -0.2) is 52.3 Å². The highest BCUT2D eigenvalue weighted by Gasteiger charge is 2.27. The summed E-state index contributed by atoms with van der Waals surface area (Å²) in [6.45, 7) is 3.29. The fourth-order valence-corrected chi connectivity index (χ4v) is 5.13. The molecule has 7 heteroatoms. The normalized spacial score (nSPS) is 23.6. The van der Waals surface area contributed by atoms with Gasteiger partial charge in [0.2, 0.25) is 0 Å².